The van der Waals surface area contributed by atoms with Crippen LogP contribution in [-0.2, 0) is 14.3 Å². The Labute approximate surface area is 142 Å². The third-order valence-electron chi connectivity index (χ3n) is 3.25. The van der Waals surface area contributed by atoms with Gasteiger partial charge in [-0.15, -0.1) is 0 Å². The molecule has 0 unspecified atom stereocenters. The molecule has 1 aliphatic rings. The number of hydrogen-bond donors (Lipinski definition) is 2. The molecule has 1 aliphatic heterocycles. The Kier molecular flexibility index (Phi) is 6.08. The van der Waals surface area contributed by atoms with E-state index in [1.165, 1.54) is 4.90 Å². The Hall–Kier alpha value is -1.99. The van der Waals surface area contributed by atoms with E-state index in [1.54, 1.807) is 41.5 Å². The summed E-state index contributed by atoms with van der Waals surface area (Å²) in [4.78, 5) is 37.1. The molecule has 0 radical (unpaired) electrons. The van der Waals surface area contributed by atoms with Crippen molar-refractivity contribution in [3.63, 3.8) is 0 Å². The van der Waals surface area contributed by atoms with Crippen LogP contribution in [0.3, 0.4) is 0 Å². The summed E-state index contributed by atoms with van der Waals surface area (Å²) in [7, 11) is 0. The summed E-state index contributed by atoms with van der Waals surface area (Å²) in [5.74, 6) is -1.22. The Morgan fingerprint density at radius 1 is 1.08 bits per heavy atom. The fourth-order valence-corrected chi connectivity index (χ4v) is 2.44. The highest BCUT2D eigenvalue weighted by Crippen LogP contribution is 2.23. The van der Waals surface area contributed by atoms with Crippen LogP contribution < -0.4 is 5.32 Å². The smallest absolute Gasteiger partial charge is 0.410 e. The van der Waals surface area contributed by atoms with Gasteiger partial charge in [0, 0.05) is 6.54 Å². The first kappa shape index (κ1) is 20.1. The predicted octanol–water partition coefficient (Wildman–Crippen LogP) is 2.36. The number of likely N-dealkylation sites (tertiary alicyclic amines) is 1. The molecule has 0 aliphatic carbocycles. The minimum Gasteiger partial charge on any atom is -0.480 e. The number of carboxylic acid groups (broad SMARTS) is 1. The number of carboxylic acids is 1. The van der Waals surface area contributed by atoms with Crippen molar-refractivity contribution in [2.75, 3.05) is 6.54 Å². The van der Waals surface area contributed by atoms with Gasteiger partial charge in [-0.05, 0) is 54.4 Å². The molecule has 1 saturated heterocycles. The molecule has 24 heavy (non-hydrogen) atoms. The maximum absolute atomic E-state index is 12.3. The zero-order valence-corrected chi connectivity index (χ0v) is 15.2. The average Bonchev–Trinajstić information content (AvgIpc) is 2.79. The fraction of sp³-hybridized carbons (Fsp3) is 0.812. The van der Waals surface area contributed by atoms with Crippen molar-refractivity contribution in [3.8, 4) is 0 Å². The van der Waals surface area contributed by atoms with Crippen molar-refractivity contribution in [1.82, 2.24) is 10.2 Å². The normalized spacial score (nSPS) is 19.6. The molecule has 2 atom stereocenters. The van der Waals surface area contributed by atoms with Gasteiger partial charge in [0.15, 0.2) is 6.04 Å². The molecule has 2 N–H and O–H groups in total. The van der Waals surface area contributed by atoms with E-state index in [2.05, 4.69) is 5.32 Å². The van der Waals surface area contributed by atoms with Crippen molar-refractivity contribution >= 4 is 18.2 Å². The van der Waals surface area contributed by atoms with Gasteiger partial charge >= 0.3 is 18.2 Å². The lowest BCUT2D eigenvalue weighted by molar-refractivity contribution is -0.141. The van der Waals surface area contributed by atoms with Crippen LogP contribution in [0.2, 0.25) is 0 Å². The number of rotatable bonds is 3. The number of carbonyl (C=O) groups excluding carboxylic acids is 2. The Balaban J connectivity index is 2.85. The number of nitrogens with one attached hydrogen (secondary N) is 1. The van der Waals surface area contributed by atoms with Crippen molar-refractivity contribution in [3.05, 3.63) is 0 Å². The average molecular weight is 344 g/mol. The quantitative estimate of drug-likeness (QED) is 0.814. The van der Waals surface area contributed by atoms with Crippen molar-refractivity contribution in [2.24, 2.45) is 0 Å². The van der Waals surface area contributed by atoms with Gasteiger partial charge in [0.05, 0.1) is 6.04 Å². The topological polar surface area (TPSA) is 105 Å². The SMILES string of the molecule is CC(C)(C)OC(=O)N[C@H](C(=O)O)[C@H]1CCCN1C(=O)OC(C)(C)C. The summed E-state index contributed by atoms with van der Waals surface area (Å²) >= 11 is 0. The largest absolute Gasteiger partial charge is 0.480 e. The van der Waals surface area contributed by atoms with Gasteiger partial charge in [0.25, 0.3) is 0 Å². The summed E-state index contributed by atoms with van der Waals surface area (Å²) in [6.07, 6.45) is -0.302. The van der Waals surface area contributed by atoms with E-state index in [1.807, 2.05) is 0 Å². The highest BCUT2D eigenvalue weighted by Gasteiger charge is 2.41. The van der Waals surface area contributed by atoms with E-state index in [0.29, 0.717) is 19.4 Å². The molecule has 1 rings (SSSR count). The first-order chi connectivity index (χ1) is 10.8. The molecule has 0 saturated carbocycles. The molecule has 0 spiro atoms. The van der Waals surface area contributed by atoms with Crippen LogP contribution in [0.1, 0.15) is 54.4 Å². The van der Waals surface area contributed by atoms with Gasteiger partial charge in [-0.1, -0.05) is 0 Å². The number of carbonyl (C=O) groups is 3. The molecule has 0 aromatic rings. The lowest BCUT2D eigenvalue weighted by atomic mass is 10.1. The molecular weight excluding hydrogens is 316 g/mol. The van der Waals surface area contributed by atoms with Crippen LogP contribution in [0.5, 0.6) is 0 Å². The molecule has 0 aromatic heterocycles. The summed E-state index contributed by atoms with van der Waals surface area (Å²) in [5.41, 5.74) is -1.42. The number of ether oxygens (including phenoxy) is 2. The van der Waals surface area contributed by atoms with E-state index in [4.69, 9.17) is 9.47 Å². The molecule has 8 nitrogen and oxygen atoms in total. The second-order valence-electron chi connectivity index (χ2n) is 7.85. The third-order valence-corrected chi connectivity index (χ3v) is 3.25. The van der Waals surface area contributed by atoms with Crippen molar-refractivity contribution < 1.29 is 29.0 Å². The van der Waals surface area contributed by atoms with Gasteiger partial charge in [-0.2, -0.15) is 0 Å². The van der Waals surface area contributed by atoms with Crippen molar-refractivity contribution in [1.29, 1.82) is 0 Å². The van der Waals surface area contributed by atoms with Crippen LogP contribution in [0.4, 0.5) is 9.59 Å². The zero-order valence-electron chi connectivity index (χ0n) is 15.2. The number of aliphatic carboxylic acids is 1. The van der Waals surface area contributed by atoms with Crippen LogP contribution in [0, 0.1) is 0 Å². The number of hydrogen-bond acceptors (Lipinski definition) is 5. The van der Waals surface area contributed by atoms with E-state index >= 15 is 0 Å². The Morgan fingerprint density at radius 2 is 1.62 bits per heavy atom. The second-order valence-corrected chi connectivity index (χ2v) is 7.85. The monoisotopic (exact) mass is 344 g/mol. The Bertz CT molecular complexity index is 492. The molecular formula is C16H28N2O6. The van der Waals surface area contributed by atoms with Crippen LogP contribution in [0.15, 0.2) is 0 Å². The number of nitrogens with zero attached hydrogens (tertiary/aromatic N) is 1. The number of alkyl carbamates (subject to hydrolysis) is 1. The van der Waals surface area contributed by atoms with Gasteiger partial charge in [0.2, 0.25) is 0 Å². The molecule has 138 valence electrons. The minimum absolute atomic E-state index is 0.388. The lowest BCUT2D eigenvalue weighted by Crippen LogP contribution is -2.56. The third kappa shape index (κ3) is 6.25. The first-order valence-corrected chi connectivity index (χ1v) is 8.02. The Morgan fingerprint density at radius 3 is 2.08 bits per heavy atom. The molecule has 0 bridgehead atoms. The van der Waals surface area contributed by atoms with E-state index in [0.717, 1.165) is 0 Å². The zero-order chi connectivity index (χ0) is 18.7. The first-order valence-electron chi connectivity index (χ1n) is 8.02. The van der Waals surface area contributed by atoms with E-state index < -0.39 is 41.4 Å². The standard InChI is InChI=1S/C16H28N2O6/c1-15(2,3)23-13(21)17-11(12(19)20)10-8-7-9-18(10)14(22)24-16(4,5)6/h10-11H,7-9H2,1-6H3,(H,17,21)(H,19,20)/t10-,11+/m1/s1. The number of amides is 2. The van der Waals surface area contributed by atoms with Crippen LogP contribution in [-0.4, -0.2) is 58.0 Å². The molecule has 1 fully saturated rings. The molecule has 0 aromatic carbocycles. The molecule has 1 heterocycles. The second kappa shape index (κ2) is 7.27. The lowest BCUT2D eigenvalue weighted by Gasteiger charge is -2.32. The summed E-state index contributed by atoms with van der Waals surface area (Å²) in [5, 5.41) is 11.8. The maximum atomic E-state index is 12.3. The molecule has 2 amide bonds. The summed E-state index contributed by atoms with van der Waals surface area (Å²) in [6.45, 7) is 10.7. The van der Waals surface area contributed by atoms with E-state index in [9.17, 15) is 19.5 Å². The van der Waals surface area contributed by atoms with E-state index in [-0.39, 0.29) is 0 Å². The van der Waals surface area contributed by atoms with Crippen LogP contribution >= 0.6 is 0 Å². The highest BCUT2D eigenvalue weighted by molar-refractivity contribution is 5.82. The van der Waals surface area contributed by atoms with Gasteiger partial charge in [-0.3, -0.25) is 0 Å². The highest BCUT2D eigenvalue weighted by atomic mass is 16.6. The van der Waals surface area contributed by atoms with Crippen LogP contribution in [0.25, 0.3) is 0 Å². The predicted molar refractivity (Wildman–Crippen MR) is 86.8 cm³/mol. The fourth-order valence-electron chi connectivity index (χ4n) is 2.44. The summed E-state index contributed by atoms with van der Waals surface area (Å²) < 4.78 is 10.4. The van der Waals surface area contributed by atoms with Gasteiger partial charge in [0.1, 0.15) is 11.2 Å². The molecule has 8 heteroatoms. The van der Waals surface area contributed by atoms with Crippen molar-refractivity contribution in [2.45, 2.75) is 77.7 Å². The van der Waals surface area contributed by atoms with Gasteiger partial charge in [-0.25, -0.2) is 14.4 Å². The van der Waals surface area contributed by atoms with Gasteiger partial charge < -0.3 is 24.8 Å². The summed E-state index contributed by atoms with van der Waals surface area (Å²) in [6, 6.07) is -1.93. The minimum atomic E-state index is -1.25. The maximum Gasteiger partial charge on any atom is 0.410 e.